The van der Waals surface area contributed by atoms with Gasteiger partial charge in [-0.25, -0.2) is 8.42 Å². The van der Waals surface area contributed by atoms with Crippen LogP contribution in [0.4, 0.5) is 0 Å². The molecule has 1 saturated heterocycles. The third-order valence-corrected chi connectivity index (χ3v) is 7.14. The number of carbonyl (C=O) groups excluding carboxylic acids is 2. The molecule has 0 unspecified atom stereocenters. The monoisotopic (exact) mass is 465 g/mol. The van der Waals surface area contributed by atoms with Gasteiger partial charge in [-0.1, -0.05) is 17.7 Å². The lowest BCUT2D eigenvalue weighted by Gasteiger charge is -2.16. The number of phenols is 1. The van der Waals surface area contributed by atoms with Gasteiger partial charge in [-0.3, -0.25) is 9.59 Å². The van der Waals surface area contributed by atoms with Gasteiger partial charge < -0.3 is 15.7 Å². The lowest BCUT2D eigenvalue weighted by Crippen LogP contribution is -2.30. The van der Waals surface area contributed by atoms with E-state index in [9.17, 15) is 23.1 Å². The molecule has 0 spiro atoms. The van der Waals surface area contributed by atoms with Gasteiger partial charge >= 0.3 is 0 Å². The summed E-state index contributed by atoms with van der Waals surface area (Å²) in [5.41, 5.74) is 0.428. The molecule has 2 aromatic carbocycles. The van der Waals surface area contributed by atoms with Crippen LogP contribution in [0.3, 0.4) is 0 Å². The summed E-state index contributed by atoms with van der Waals surface area (Å²) in [5, 5.41) is 15.0. The summed E-state index contributed by atoms with van der Waals surface area (Å²) in [6, 6.07) is 10.1. The zero-order valence-electron chi connectivity index (χ0n) is 16.8. The van der Waals surface area contributed by atoms with E-state index in [2.05, 4.69) is 10.6 Å². The number of aromatic hydroxyl groups is 1. The van der Waals surface area contributed by atoms with E-state index < -0.39 is 15.9 Å². The van der Waals surface area contributed by atoms with E-state index in [0.717, 1.165) is 12.8 Å². The van der Waals surface area contributed by atoms with Crippen LogP contribution in [0.25, 0.3) is 0 Å². The van der Waals surface area contributed by atoms with Crippen molar-refractivity contribution < 1.29 is 23.1 Å². The van der Waals surface area contributed by atoms with Crippen molar-refractivity contribution in [3.8, 4) is 5.75 Å². The van der Waals surface area contributed by atoms with E-state index in [4.69, 9.17) is 11.6 Å². The van der Waals surface area contributed by atoms with Crippen molar-refractivity contribution in [1.29, 1.82) is 0 Å². The Balaban J connectivity index is 1.53. The molecule has 10 heteroatoms. The highest BCUT2D eigenvalue weighted by molar-refractivity contribution is 7.89. The smallest absolute Gasteiger partial charge is 0.252 e. The van der Waals surface area contributed by atoms with Crippen LogP contribution in [-0.2, 0) is 10.0 Å². The summed E-state index contributed by atoms with van der Waals surface area (Å²) in [6.45, 7) is 1.52. The minimum Gasteiger partial charge on any atom is -0.508 e. The highest BCUT2D eigenvalue weighted by Gasteiger charge is 2.28. The molecule has 0 saturated carbocycles. The molecular weight excluding hydrogens is 442 g/mol. The summed E-state index contributed by atoms with van der Waals surface area (Å²) < 4.78 is 26.8. The van der Waals surface area contributed by atoms with Crippen LogP contribution < -0.4 is 10.6 Å². The second-order valence-electron chi connectivity index (χ2n) is 7.17. The van der Waals surface area contributed by atoms with Crippen LogP contribution in [0.15, 0.2) is 47.4 Å². The quantitative estimate of drug-likeness (QED) is 0.517. The highest BCUT2D eigenvalue weighted by atomic mass is 35.5. The maximum atomic E-state index is 12.7. The molecule has 0 aliphatic carbocycles. The first kappa shape index (κ1) is 23.1. The van der Waals surface area contributed by atoms with Crippen molar-refractivity contribution in [3.05, 3.63) is 58.6 Å². The van der Waals surface area contributed by atoms with Crippen LogP contribution >= 0.6 is 11.6 Å². The minimum absolute atomic E-state index is 0.00534. The SMILES string of the molecule is O=C(NCCCNC(=O)c1cc(S(=O)(=O)N2CCCC2)ccc1Cl)c1cccc(O)c1. The second kappa shape index (κ2) is 10.1. The van der Waals surface area contributed by atoms with Gasteiger partial charge in [0.15, 0.2) is 0 Å². The number of sulfonamides is 1. The van der Waals surface area contributed by atoms with Crippen LogP contribution in [-0.4, -0.2) is 55.8 Å². The maximum absolute atomic E-state index is 12.7. The third-order valence-electron chi connectivity index (χ3n) is 4.92. The Labute approximate surface area is 186 Å². The molecule has 0 radical (unpaired) electrons. The molecule has 8 nitrogen and oxygen atoms in total. The molecule has 0 bridgehead atoms. The molecule has 2 amide bonds. The molecule has 1 aliphatic rings. The summed E-state index contributed by atoms with van der Waals surface area (Å²) in [7, 11) is -3.65. The van der Waals surface area contributed by atoms with Crippen LogP contribution in [0, 0.1) is 0 Å². The Morgan fingerprint density at radius 1 is 1.00 bits per heavy atom. The number of carbonyl (C=O) groups is 2. The zero-order valence-corrected chi connectivity index (χ0v) is 18.4. The lowest BCUT2D eigenvalue weighted by atomic mass is 10.2. The molecule has 3 rings (SSSR count). The van der Waals surface area contributed by atoms with Gasteiger partial charge in [0.25, 0.3) is 11.8 Å². The van der Waals surface area contributed by atoms with Crippen molar-refractivity contribution >= 4 is 33.4 Å². The van der Waals surface area contributed by atoms with Gasteiger partial charge in [-0.2, -0.15) is 4.31 Å². The average molecular weight is 466 g/mol. The number of hydrogen-bond acceptors (Lipinski definition) is 5. The first-order chi connectivity index (χ1) is 14.8. The number of hydrogen-bond donors (Lipinski definition) is 3. The van der Waals surface area contributed by atoms with Gasteiger partial charge in [0.05, 0.1) is 15.5 Å². The molecule has 1 fully saturated rings. The molecule has 1 aliphatic heterocycles. The van der Waals surface area contributed by atoms with Crippen molar-refractivity contribution in [1.82, 2.24) is 14.9 Å². The normalized spacial score (nSPS) is 14.4. The number of rotatable bonds is 8. The number of nitrogens with zero attached hydrogens (tertiary/aromatic N) is 1. The molecule has 3 N–H and O–H groups in total. The van der Waals surface area contributed by atoms with Crippen molar-refractivity contribution in [2.75, 3.05) is 26.2 Å². The molecule has 166 valence electrons. The Morgan fingerprint density at radius 3 is 2.35 bits per heavy atom. The molecular formula is C21H24ClN3O5S. The predicted octanol–water partition coefficient (Wildman–Crippen LogP) is 2.38. The predicted molar refractivity (Wildman–Crippen MR) is 117 cm³/mol. The molecule has 31 heavy (non-hydrogen) atoms. The molecule has 0 atom stereocenters. The summed E-state index contributed by atoms with van der Waals surface area (Å²) in [5.74, 6) is -0.807. The maximum Gasteiger partial charge on any atom is 0.252 e. The Morgan fingerprint density at radius 2 is 1.68 bits per heavy atom. The van der Waals surface area contributed by atoms with Crippen molar-refractivity contribution in [3.63, 3.8) is 0 Å². The molecule has 1 heterocycles. The number of nitrogens with one attached hydrogen (secondary N) is 2. The van der Waals surface area contributed by atoms with E-state index >= 15 is 0 Å². The van der Waals surface area contributed by atoms with E-state index in [1.165, 1.54) is 34.6 Å². The van der Waals surface area contributed by atoms with E-state index in [1.807, 2.05) is 0 Å². The zero-order chi connectivity index (χ0) is 22.4. The fourth-order valence-corrected chi connectivity index (χ4v) is 5.00. The van der Waals surface area contributed by atoms with Gasteiger partial charge in [-0.15, -0.1) is 0 Å². The number of benzene rings is 2. The minimum atomic E-state index is -3.65. The van der Waals surface area contributed by atoms with Crippen LogP contribution in [0.1, 0.15) is 40.0 Å². The fraction of sp³-hybridized carbons (Fsp3) is 0.333. The Hall–Kier alpha value is -2.62. The van der Waals surface area contributed by atoms with Crippen molar-refractivity contribution in [2.45, 2.75) is 24.2 Å². The average Bonchev–Trinajstić information content (AvgIpc) is 3.29. The van der Waals surface area contributed by atoms with E-state index in [1.54, 1.807) is 12.1 Å². The summed E-state index contributed by atoms with van der Waals surface area (Å²) in [6.07, 6.45) is 2.10. The number of amides is 2. The van der Waals surface area contributed by atoms with Crippen LogP contribution in [0.5, 0.6) is 5.75 Å². The van der Waals surface area contributed by atoms with E-state index in [-0.39, 0.29) is 33.7 Å². The topological polar surface area (TPSA) is 116 Å². The first-order valence-electron chi connectivity index (χ1n) is 9.94. The summed E-state index contributed by atoms with van der Waals surface area (Å²) >= 11 is 6.12. The largest absolute Gasteiger partial charge is 0.508 e. The first-order valence-corrected chi connectivity index (χ1v) is 11.8. The third kappa shape index (κ3) is 5.75. The van der Waals surface area contributed by atoms with Gasteiger partial charge in [0, 0.05) is 31.7 Å². The summed E-state index contributed by atoms with van der Waals surface area (Å²) in [4.78, 5) is 24.6. The molecule has 0 aromatic heterocycles. The number of halogens is 1. The van der Waals surface area contributed by atoms with Crippen molar-refractivity contribution in [2.24, 2.45) is 0 Å². The van der Waals surface area contributed by atoms with Gasteiger partial charge in [-0.05, 0) is 55.7 Å². The fourth-order valence-electron chi connectivity index (χ4n) is 3.25. The van der Waals surface area contributed by atoms with Crippen LogP contribution in [0.2, 0.25) is 5.02 Å². The second-order valence-corrected chi connectivity index (χ2v) is 9.51. The Kier molecular flexibility index (Phi) is 7.53. The van der Waals surface area contributed by atoms with Gasteiger partial charge in [0.1, 0.15) is 5.75 Å². The standard InChI is InChI=1S/C21H24ClN3O5S/c22-19-8-7-17(31(29,30)25-11-1-2-12-25)14-18(19)21(28)24-10-4-9-23-20(27)15-5-3-6-16(26)13-15/h3,5-8,13-14,26H,1-2,4,9-12H2,(H,23,27)(H,24,28). The Bertz CT molecular complexity index is 1070. The lowest BCUT2D eigenvalue weighted by molar-refractivity contribution is 0.0951. The number of phenolic OH excluding ortho intramolecular Hbond substituents is 1. The van der Waals surface area contributed by atoms with Gasteiger partial charge in [0.2, 0.25) is 10.0 Å². The highest BCUT2D eigenvalue weighted by Crippen LogP contribution is 2.25. The van der Waals surface area contributed by atoms with E-state index in [0.29, 0.717) is 31.6 Å². The molecule has 2 aromatic rings.